The molecule has 3 rings (SSSR count). The number of hydrogen-bond donors (Lipinski definition) is 2. The molecular formula is C21H34IN7O. The number of guanidine groups is 1. The molecule has 0 aromatic carbocycles. The van der Waals surface area contributed by atoms with Crippen LogP contribution in [0.15, 0.2) is 33.9 Å². The van der Waals surface area contributed by atoms with Gasteiger partial charge in [-0.25, -0.2) is 4.99 Å². The Labute approximate surface area is 196 Å². The minimum Gasteiger partial charge on any atom is -0.357 e. The first kappa shape index (κ1) is 24.5. The van der Waals surface area contributed by atoms with Crippen LogP contribution in [0.3, 0.4) is 0 Å². The molecule has 0 aliphatic carbocycles. The maximum Gasteiger partial charge on any atom is 0.232 e. The van der Waals surface area contributed by atoms with Crippen LogP contribution in [0.5, 0.6) is 0 Å². The quantitative estimate of drug-likeness (QED) is 0.339. The van der Waals surface area contributed by atoms with E-state index in [4.69, 9.17) is 4.52 Å². The first-order valence-electron chi connectivity index (χ1n) is 10.4. The average Bonchev–Trinajstić information content (AvgIpc) is 3.18. The van der Waals surface area contributed by atoms with Gasteiger partial charge in [0, 0.05) is 43.8 Å². The highest BCUT2D eigenvalue weighted by Gasteiger charge is 2.22. The van der Waals surface area contributed by atoms with Crippen molar-refractivity contribution >= 4 is 29.9 Å². The fourth-order valence-corrected chi connectivity index (χ4v) is 3.24. The van der Waals surface area contributed by atoms with Gasteiger partial charge in [0.2, 0.25) is 5.89 Å². The van der Waals surface area contributed by atoms with Crippen molar-refractivity contribution in [1.82, 2.24) is 30.7 Å². The lowest BCUT2D eigenvalue weighted by atomic mass is 9.97. The van der Waals surface area contributed by atoms with Crippen LogP contribution in [0.1, 0.15) is 57.9 Å². The maximum absolute atomic E-state index is 5.35. The summed E-state index contributed by atoms with van der Waals surface area (Å²) in [5.41, 5.74) is 0.976. The number of nitrogens with one attached hydrogen (secondary N) is 2. The average molecular weight is 527 g/mol. The Kier molecular flexibility index (Phi) is 9.47. The number of rotatable bonds is 6. The van der Waals surface area contributed by atoms with Gasteiger partial charge in [-0.3, -0.25) is 9.88 Å². The summed E-state index contributed by atoms with van der Waals surface area (Å²) in [5, 5.41) is 10.9. The number of halogens is 1. The van der Waals surface area contributed by atoms with Gasteiger partial charge in [-0.1, -0.05) is 32.0 Å². The Hall–Kier alpha value is -1.75. The Bertz CT molecular complexity index is 780. The van der Waals surface area contributed by atoms with Crippen LogP contribution >= 0.6 is 24.0 Å². The van der Waals surface area contributed by atoms with Gasteiger partial charge in [0.25, 0.3) is 0 Å². The van der Waals surface area contributed by atoms with Gasteiger partial charge in [-0.15, -0.1) is 24.0 Å². The third kappa shape index (κ3) is 7.50. The van der Waals surface area contributed by atoms with E-state index in [1.54, 1.807) is 0 Å². The zero-order valence-electron chi connectivity index (χ0n) is 18.4. The summed E-state index contributed by atoms with van der Waals surface area (Å²) in [6.45, 7) is 12.4. The van der Waals surface area contributed by atoms with Crippen LogP contribution in [-0.4, -0.2) is 51.7 Å². The second kappa shape index (κ2) is 11.6. The zero-order chi connectivity index (χ0) is 20.7. The van der Waals surface area contributed by atoms with Crippen LogP contribution < -0.4 is 10.6 Å². The molecule has 2 aromatic rings. The molecule has 3 heterocycles. The SMILES string of the molecule is CCNC(=NCc1noc(C(C)(C)C)n1)NC1CCN(Cc2ccccn2)CC1.I. The van der Waals surface area contributed by atoms with Crippen LogP contribution in [0, 0.1) is 0 Å². The first-order chi connectivity index (χ1) is 13.9. The van der Waals surface area contributed by atoms with Gasteiger partial charge in [0.1, 0.15) is 6.54 Å². The van der Waals surface area contributed by atoms with E-state index in [2.05, 4.69) is 69.4 Å². The van der Waals surface area contributed by atoms with E-state index in [0.29, 0.717) is 24.3 Å². The predicted molar refractivity (Wildman–Crippen MR) is 129 cm³/mol. The summed E-state index contributed by atoms with van der Waals surface area (Å²) in [4.78, 5) is 16.0. The number of piperidine rings is 1. The molecule has 8 nitrogen and oxygen atoms in total. The highest BCUT2D eigenvalue weighted by atomic mass is 127. The standard InChI is InChI=1S/C21H33N7O.HI/c1-5-22-20(24-14-18-26-19(29-27-18)21(2,3)4)25-16-9-12-28(13-10-16)15-17-8-6-7-11-23-17;/h6-8,11,16H,5,9-10,12-15H2,1-4H3,(H2,22,24,25);1H. The molecule has 9 heteroatoms. The molecule has 0 saturated carbocycles. The second-order valence-corrected chi connectivity index (χ2v) is 8.48. The van der Waals surface area contributed by atoms with Crippen molar-refractivity contribution in [2.24, 2.45) is 4.99 Å². The molecule has 0 radical (unpaired) electrons. The van der Waals surface area contributed by atoms with Crippen molar-refractivity contribution in [3.63, 3.8) is 0 Å². The molecule has 30 heavy (non-hydrogen) atoms. The van der Waals surface area contributed by atoms with Crippen molar-refractivity contribution in [3.8, 4) is 0 Å². The van der Waals surface area contributed by atoms with Gasteiger partial charge in [0.05, 0.1) is 5.69 Å². The van der Waals surface area contributed by atoms with Gasteiger partial charge in [-0.05, 0) is 31.9 Å². The van der Waals surface area contributed by atoms with Crippen molar-refractivity contribution in [1.29, 1.82) is 0 Å². The lowest BCUT2D eigenvalue weighted by molar-refractivity contribution is 0.196. The largest absolute Gasteiger partial charge is 0.357 e. The topological polar surface area (TPSA) is 91.5 Å². The van der Waals surface area contributed by atoms with E-state index in [1.165, 1.54) is 0 Å². The molecule has 2 aromatic heterocycles. The van der Waals surface area contributed by atoms with E-state index in [0.717, 1.165) is 50.7 Å². The molecule has 2 N–H and O–H groups in total. The number of nitrogens with zero attached hydrogens (tertiary/aromatic N) is 5. The van der Waals surface area contributed by atoms with Crippen molar-refractivity contribution < 1.29 is 4.52 Å². The van der Waals surface area contributed by atoms with E-state index in [-0.39, 0.29) is 29.4 Å². The number of aromatic nitrogens is 3. The summed E-state index contributed by atoms with van der Waals surface area (Å²) >= 11 is 0. The Balaban J connectivity index is 0.00000320. The summed E-state index contributed by atoms with van der Waals surface area (Å²) in [7, 11) is 0. The molecular weight excluding hydrogens is 493 g/mol. The molecule has 166 valence electrons. The van der Waals surface area contributed by atoms with Crippen LogP contribution in [0.2, 0.25) is 0 Å². The Morgan fingerprint density at radius 2 is 2.03 bits per heavy atom. The lowest BCUT2D eigenvalue weighted by Gasteiger charge is -2.32. The smallest absolute Gasteiger partial charge is 0.232 e. The molecule has 0 spiro atoms. The normalized spacial score (nSPS) is 16.2. The summed E-state index contributed by atoms with van der Waals surface area (Å²) < 4.78 is 5.35. The highest BCUT2D eigenvalue weighted by molar-refractivity contribution is 14.0. The minimum atomic E-state index is -0.152. The Morgan fingerprint density at radius 3 is 2.63 bits per heavy atom. The number of pyridine rings is 1. The molecule has 1 aliphatic rings. The molecule has 0 atom stereocenters. The minimum absolute atomic E-state index is 0. The van der Waals surface area contributed by atoms with E-state index in [1.807, 2.05) is 18.3 Å². The summed E-state index contributed by atoms with van der Waals surface area (Å²) in [6, 6.07) is 6.50. The molecule has 1 aliphatic heterocycles. The van der Waals surface area contributed by atoms with Crippen LogP contribution in [-0.2, 0) is 18.5 Å². The second-order valence-electron chi connectivity index (χ2n) is 8.48. The Morgan fingerprint density at radius 1 is 1.27 bits per heavy atom. The molecule has 0 bridgehead atoms. The van der Waals surface area contributed by atoms with Gasteiger partial charge >= 0.3 is 0 Å². The molecule has 0 amide bonds. The first-order valence-corrected chi connectivity index (χ1v) is 10.4. The van der Waals surface area contributed by atoms with Crippen molar-refractivity contribution in [2.45, 2.75) is 65.1 Å². The maximum atomic E-state index is 5.35. The fourth-order valence-electron chi connectivity index (χ4n) is 3.24. The summed E-state index contributed by atoms with van der Waals surface area (Å²) in [6.07, 6.45) is 4.01. The van der Waals surface area contributed by atoms with Gasteiger partial charge < -0.3 is 15.2 Å². The van der Waals surface area contributed by atoms with Gasteiger partial charge in [0.15, 0.2) is 11.8 Å². The number of aliphatic imine (C=N–C) groups is 1. The van der Waals surface area contributed by atoms with Crippen molar-refractivity contribution in [3.05, 3.63) is 41.8 Å². The summed E-state index contributed by atoms with van der Waals surface area (Å²) in [5.74, 6) is 2.05. The third-order valence-corrected chi connectivity index (χ3v) is 4.87. The number of hydrogen-bond acceptors (Lipinski definition) is 6. The monoisotopic (exact) mass is 527 g/mol. The third-order valence-electron chi connectivity index (χ3n) is 4.87. The zero-order valence-corrected chi connectivity index (χ0v) is 20.7. The highest BCUT2D eigenvalue weighted by Crippen LogP contribution is 2.19. The lowest BCUT2D eigenvalue weighted by Crippen LogP contribution is -2.48. The van der Waals surface area contributed by atoms with Gasteiger partial charge in [-0.2, -0.15) is 4.98 Å². The molecule has 1 fully saturated rings. The van der Waals surface area contributed by atoms with E-state index < -0.39 is 0 Å². The molecule has 1 saturated heterocycles. The fraction of sp³-hybridized carbons (Fsp3) is 0.619. The van der Waals surface area contributed by atoms with Crippen molar-refractivity contribution in [2.75, 3.05) is 19.6 Å². The van der Waals surface area contributed by atoms with Crippen LogP contribution in [0.25, 0.3) is 0 Å². The number of likely N-dealkylation sites (tertiary alicyclic amines) is 1. The van der Waals surface area contributed by atoms with E-state index >= 15 is 0 Å². The van der Waals surface area contributed by atoms with E-state index in [9.17, 15) is 0 Å². The predicted octanol–water partition coefficient (Wildman–Crippen LogP) is 3.10. The van der Waals surface area contributed by atoms with Crippen LogP contribution in [0.4, 0.5) is 0 Å². The molecule has 0 unspecified atom stereocenters.